The summed E-state index contributed by atoms with van der Waals surface area (Å²) in [6.07, 6.45) is 29.3. The van der Waals surface area contributed by atoms with Crippen molar-refractivity contribution in [3.05, 3.63) is 60.8 Å². The summed E-state index contributed by atoms with van der Waals surface area (Å²) in [7, 11) is 0. The first-order valence-corrected chi connectivity index (χ1v) is 14.3. The minimum absolute atomic E-state index is 0.180. The number of carbonyl (C=O) groups excluding carboxylic acids is 2. The van der Waals surface area contributed by atoms with E-state index < -0.39 is 24.0 Å². The fraction of sp³-hybridized carbons (Fsp3) is 0.594. The molecule has 0 rings (SSSR count). The molecule has 0 unspecified atom stereocenters. The molecule has 0 bridgehead atoms. The molecule has 3 atom stereocenters. The molecule has 0 heterocycles. The third-order valence-corrected chi connectivity index (χ3v) is 6.07. The van der Waals surface area contributed by atoms with Crippen LogP contribution in [0, 0.1) is 11.8 Å². The molecule has 0 aliphatic rings. The maximum atomic E-state index is 12.8. The summed E-state index contributed by atoms with van der Waals surface area (Å²) in [5.74, 6) is -1.69. The molecule has 0 aliphatic heterocycles. The van der Waals surface area contributed by atoms with E-state index in [2.05, 4.69) is 78.3 Å². The van der Waals surface area contributed by atoms with Gasteiger partial charge < -0.3 is 15.7 Å². The van der Waals surface area contributed by atoms with E-state index in [1.54, 1.807) is 6.92 Å². The number of allylic oxidation sites excluding steroid dienone is 10. The van der Waals surface area contributed by atoms with Gasteiger partial charge in [-0.2, -0.15) is 0 Å². The molecule has 6 nitrogen and oxygen atoms in total. The van der Waals surface area contributed by atoms with E-state index in [9.17, 15) is 19.5 Å². The zero-order valence-corrected chi connectivity index (χ0v) is 24.3. The lowest BCUT2D eigenvalue weighted by molar-refractivity contribution is -0.143. The number of hydrogen-bond acceptors (Lipinski definition) is 3. The molecule has 0 saturated heterocycles. The molecule has 3 N–H and O–H groups in total. The molecule has 0 radical (unpaired) electrons. The number of unbranched alkanes of at least 4 members (excludes halogenated alkanes) is 1. The first kappa shape index (κ1) is 35.1. The molecule has 0 spiro atoms. The van der Waals surface area contributed by atoms with Crippen molar-refractivity contribution >= 4 is 17.8 Å². The minimum atomic E-state index is -1.06. The molecule has 6 heteroatoms. The molecule has 0 aromatic heterocycles. The molecule has 0 aromatic rings. The molecule has 0 aromatic carbocycles. The van der Waals surface area contributed by atoms with E-state index in [0.29, 0.717) is 25.7 Å². The van der Waals surface area contributed by atoms with Gasteiger partial charge in [-0.3, -0.25) is 9.59 Å². The number of carboxylic acid groups (broad SMARTS) is 1. The Labute approximate surface area is 231 Å². The van der Waals surface area contributed by atoms with Crippen LogP contribution in [0.2, 0.25) is 0 Å². The fourth-order valence-electron chi connectivity index (χ4n) is 3.66. The Hall–Kier alpha value is -2.89. The largest absolute Gasteiger partial charge is 0.480 e. The Morgan fingerprint density at radius 2 is 1.24 bits per heavy atom. The van der Waals surface area contributed by atoms with Crippen LogP contribution < -0.4 is 10.6 Å². The zero-order chi connectivity index (χ0) is 28.6. The van der Waals surface area contributed by atoms with Crippen LogP contribution in [0.15, 0.2) is 60.8 Å². The van der Waals surface area contributed by atoms with Crippen LogP contribution in [0.5, 0.6) is 0 Å². The van der Waals surface area contributed by atoms with E-state index >= 15 is 0 Å². The lowest BCUT2D eigenvalue weighted by Crippen LogP contribution is -2.53. The highest BCUT2D eigenvalue weighted by atomic mass is 16.4. The third kappa shape index (κ3) is 19.3. The summed E-state index contributed by atoms with van der Waals surface area (Å²) >= 11 is 0. The van der Waals surface area contributed by atoms with Crippen LogP contribution in [-0.2, 0) is 14.4 Å². The maximum absolute atomic E-state index is 12.8. The number of nitrogens with one attached hydrogen (secondary N) is 2. The van der Waals surface area contributed by atoms with Crippen LogP contribution in [0.4, 0.5) is 0 Å². The summed E-state index contributed by atoms with van der Waals surface area (Å²) in [5, 5.41) is 14.9. The van der Waals surface area contributed by atoms with Gasteiger partial charge in [-0.1, -0.05) is 102 Å². The van der Waals surface area contributed by atoms with Crippen LogP contribution in [0.25, 0.3) is 0 Å². The molecular formula is C32H52N2O4. The van der Waals surface area contributed by atoms with Crippen LogP contribution in [0.1, 0.15) is 98.8 Å². The Kier molecular flexibility index (Phi) is 21.5. The van der Waals surface area contributed by atoms with E-state index in [-0.39, 0.29) is 17.7 Å². The van der Waals surface area contributed by atoms with Gasteiger partial charge in [-0.15, -0.1) is 0 Å². The van der Waals surface area contributed by atoms with Gasteiger partial charge in [0.2, 0.25) is 11.8 Å². The Morgan fingerprint density at radius 3 is 1.68 bits per heavy atom. The van der Waals surface area contributed by atoms with Gasteiger partial charge in [0.05, 0.1) is 0 Å². The summed E-state index contributed by atoms with van der Waals surface area (Å²) in [6.45, 7) is 9.76. The van der Waals surface area contributed by atoms with Crippen molar-refractivity contribution in [2.75, 3.05) is 0 Å². The van der Waals surface area contributed by atoms with Crippen molar-refractivity contribution in [3.8, 4) is 0 Å². The molecule has 214 valence electrons. The Balaban J connectivity index is 4.30. The number of hydrogen-bond donors (Lipinski definition) is 3. The summed E-state index contributed by atoms with van der Waals surface area (Å²) < 4.78 is 0. The molecule has 0 aliphatic carbocycles. The number of rotatable bonds is 21. The van der Waals surface area contributed by atoms with Crippen molar-refractivity contribution in [1.29, 1.82) is 0 Å². The van der Waals surface area contributed by atoms with E-state index in [0.717, 1.165) is 38.5 Å². The highest BCUT2D eigenvalue weighted by Gasteiger charge is 2.29. The summed E-state index contributed by atoms with van der Waals surface area (Å²) in [5.41, 5.74) is 0. The SMILES string of the molecule is CC/C=C\C/C=C\C/C=C\C/C=C\C/C=C\CCCC(=O)N[C@@H](CC(C)C)C(=O)N[C@H](C(=O)O)[C@@H](C)CC. The van der Waals surface area contributed by atoms with Crippen molar-refractivity contribution in [2.45, 2.75) is 111 Å². The second kappa shape index (κ2) is 23.2. The average molecular weight is 529 g/mol. The van der Waals surface area contributed by atoms with Gasteiger partial charge in [-0.05, 0) is 63.2 Å². The van der Waals surface area contributed by atoms with Crippen LogP contribution in [0.3, 0.4) is 0 Å². The molecule has 0 saturated carbocycles. The first-order valence-electron chi connectivity index (χ1n) is 14.3. The van der Waals surface area contributed by atoms with Crippen LogP contribution in [-0.4, -0.2) is 35.0 Å². The van der Waals surface area contributed by atoms with E-state index in [1.807, 2.05) is 20.8 Å². The highest BCUT2D eigenvalue weighted by Crippen LogP contribution is 2.11. The number of carbonyl (C=O) groups is 3. The van der Waals surface area contributed by atoms with Crippen molar-refractivity contribution in [3.63, 3.8) is 0 Å². The number of aliphatic carboxylic acids is 1. The predicted octanol–water partition coefficient (Wildman–Crippen LogP) is 7.05. The van der Waals surface area contributed by atoms with E-state index in [1.165, 1.54) is 0 Å². The number of carboxylic acids is 1. The summed E-state index contributed by atoms with van der Waals surface area (Å²) in [6, 6.07) is -1.70. The molecule has 2 amide bonds. The maximum Gasteiger partial charge on any atom is 0.326 e. The molecular weight excluding hydrogens is 476 g/mol. The normalized spacial score (nSPS) is 14.8. The van der Waals surface area contributed by atoms with Gasteiger partial charge in [0.15, 0.2) is 0 Å². The van der Waals surface area contributed by atoms with Gasteiger partial charge in [0, 0.05) is 6.42 Å². The van der Waals surface area contributed by atoms with Gasteiger partial charge in [0.1, 0.15) is 12.1 Å². The second-order valence-corrected chi connectivity index (χ2v) is 10.1. The van der Waals surface area contributed by atoms with Gasteiger partial charge >= 0.3 is 5.97 Å². The highest BCUT2D eigenvalue weighted by molar-refractivity contribution is 5.90. The van der Waals surface area contributed by atoms with E-state index in [4.69, 9.17) is 0 Å². The Bertz CT molecular complexity index is 808. The third-order valence-electron chi connectivity index (χ3n) is 6.07. The average Bonchev–Trinajstić information content (AvgIpc) is 2.87. The smallest absolute Gasteiger partial charge is 0.326 e. The Morgan fingerprint density at radius 1 is 0.737 bits per heavy atom. The molecule has 38 heavy (non-hydrogen) atoms. The zero-order valence-electron chi connectivity index (χ0n) is 24.3. The standard InChI is InChI=1S/C32H52N2O4/c1-6-8-9-10-11-12-13-14-15-16-17-18-19-20-21-22-23-24-29(35)33-28(25-26(3)4)31(36)34-30(32(37)38)27(5)7-2/h8-9,11-12,14-15,17-18,20-21,26-28,30H,6-7,10,13,16,19,22-25H2,1-5H3,(H,33,35)(H,34,36)(H,37,38)/b9-8-,12-11-,15-14-,18-17-,21-20-/t27-,28-,30-/m0/s1. The quantitative estimate of drug-likeness (QED) is 0.110. The molecule has 0 fully saturated rings. The van der Waals surface area contributed by atoms with Gasteiger partial charge in [0.25, 0.3) is 0 Å². The second-order valence-electron chi connectivity index (χ2n) is 10.1. The van der Waals surface area contributed by atoms with Crippen molar-refractivity contribution < 1.29 is 19.5 Å². The van der Waals surface area contributed by atoms with Crippen molar-refractivity contribution in [2.24, 2.45) is 11.8 Å². The summed E-state index contributed by atoms with van der Waals surface area (Å²) in [4.78, 5) is 36.8. The lowest BCUT2D eigenvalue weighted by atomic mass is 9.97. The van der Waals surface area contributed by atoms with Gasteiger partial charge in [-0.25, -0.2) is 4.79 Å². The van der Waals surface area contributed by atoms with Crippen LogP contribution >= 0.6 is 0 Å². The van der Waals surface area contributed by atoms with Crippen molar-refractivity contribution in [1.82, 2.24) is 10.6 Å². The predicted molar refractivity (Wildman–Crippen MR) is 159 cm³/mol. The fourth-order valence-corrected chi connectivity index (χ4v) is 3.66. The lowest BCUT2D eigenvalue weighted by Gasteiger charge is -2.25. The number of amides is 2. The first-order chi connectivity index (χ1) is 18.2. The minimum Gasteiger partial charge on any atom is -0.480 e. The monoisotopic (exact) mass is 528 g/mol. The topological polar surface area (TPSA) is 95.5 Å².